The van der Waals surface area contributed by atoms with E-state index in [0.29, 0.717) is 6.04 Å². The van der Waals surface area contributed by atoms with E-state index in [1.54, 1.807) is 7.11 Å². The molecule has 2 aliphatic rings. The van der Waals surface area contributed by atoms with Crippen LogP contribution in [0.5, 0.6) is 5.75 Å². The van der Waals surface area contributed by atoms with Crippen molar-refractivity contribution in [2.24, 2.45) is 0 Å². The molecule has 0 radical (unpaired) electrons. The van der Waals surface area contributed by atoms with E-state index < -0.39 is 0 Å². The van der Waals surface area contributed by atoms with Crippen LogP contribution in [0.1, 0.15) is 24.4 Å². The van der Waals surface area contributed by atoms with Crippen LogP contribution in [0.15, 0.2) is 22.7 Å². The van der Waals surface area contributed by atoms with Crippen LogP contribution in [0.2, 0.25) is 0 Å². The van der Waals surface area contributed by atoms with Crippen molar-refractivity contribution < 1.29 is 9.47 Å². The highest BCUT2D eigenvalue weighted by Gasteiger charge is 2.34. The molecule has 1 aromatic carbocycles. The fourth-order valence-electron chi connectivity index (χ4n) is 2.92. The third kappa shape index (κ3) is 3.59. The van der Waals surface area contributed by atoms with Crippen molar-refractivity contribution in [3.63, 3.8) is 0 Å². The number of rotatable bonds is 5. The smallest absolute Gasteiger partial charge is 0.119 e. The van der Waals surface area contributed by atoms with E-state index in [0.717, 1.165) is 29.9 Å². The molecular weight excluding hydrogens is 332 g/mol. The summed E-state index contributed by atoms with van der Waals surface area (Å²) in [4.78, 5) is 2.38. The van der Waals surface area contributed by atoms with Gasteiger partial charge in [-0.05, 0) is 43.7 Å². The van der Waals surface area contributed by atoms with Gasteiger partial charge in [-0.3, -0.25) is 4.90 Å². The van der Waals surface area contributed by atoms with Crippen LogP contribution in [0.3, 0.4) is 0 Å². The molecule has 4 nitrogen and oxygen atoms in total. The Morgan fingerprint density at radius 1 is 1.43 bits per heavy atom. The van der Waals surface area contributed by atoms with Gasteiger partial charge in [0.25, 0.3) is 0 Å². The van der Waals surface area contributed by atoms with E-state index >= 15 is 0 Å². The fourth-order valence-corrected chi connectivity index (χ4v) is 3.40. The number of hydrogen-bond acceptors (Lipinski definition) is 4. The van der Waals surface area contributed by atoms with E-state index in [4.69, 9.17) is 9.47 Å². The van der Waals surface area contributed by atoms with E-state index in [-0.39, 0.29) is 12.1 Å². The average molecular weight is 355 g/mol. The molecule has 3 rings (SSSR count). The summed E-state index contributed by atoms with van der Waals surface area (Å²) in [6, 6.07) is 7.10. The Hall–Kier alpha value is -0.620. The van der Waals surface area contributed by atoms with Gasteiger partial charge in [-0.1, -0.05) is 15.9 Å². The molecule has 1 aliphatic heterocycles. The number of methoxy groups -OCH3 is 1. The monoisotopic (exact) mass is 354 g/mol. The summed E-state index contributed by atoms with van der Waals surface area (Å²) < 4.78 is 12.6. The van der Waals surface area contributed by atoms with Gasteiger partial charge in [-0.25, -0.2) is 0 Å². The van der Waals surface area contributed by atoms with Gasteiger partial charge < -0.3 is 14.8 Å². The van der Waals surface area contributed by atoms with Gasteiger partial charge in [-0.2, -0.15) is 0 Å². The van der Waals surface area contributed by atoms with Crippen LogP contribution in [0.4, 0.5) is 0 Å². The van der Waals surface area contributed by atoms with Crippen LogP contribution in [-0.2, 0) is 4.74 Å². The maximum atomic E-state index is 6.06. The SMILES string of the molecule is COc1ccc(Br)c(C2C(CNC3CC3)OCCN2C)c1. The van der Waals surface area contributed by atoms with Crippen LogP contribution >= 0.6 is 15.9 Å². The summed E-state index contributed by atoms with van der Waals surface area (Å²) in [6.45, 7) is 2.66. The molecule has 1 aromatic rings. The number of nitrogens with zero attached hydrogens (tertiary/aromatic N) is 1. The molecule has 1 heterocycles. The Kier molecular flexibility index (Phi) is 4.84. The second-order valence-electron chi connectivity index (χ2n) is 5.90. The first-order chi connectivity index (χ1) is 10.2. The van der Waals surface area contributed by atoms with Gasteiger partial charge >= 0.3 is 0 Å². The summed E-state index contributed by atoms with van der Waals surface area (Å²) in [5, 5.41) is 3.60. The van der Waals surface area contributed by atoms with Crippen LogP contribution in [-0.4, -0.2) is 50.9 Å². The number of nitrogens with one attached hydrogen (secondary N) is 1. The Labute approximate surface area is 134 Å². The van der Waals surface area contributed by atoms with Gasteiger partial charge in [0.15, 0.2) is 0 Å². The molecule has 2 fully saturated rings. The molecular formula is C16H23BrN2O2. The predicted molar refractivity (Wildman–Crippen MR) is 86.8 cm³/mol. The van der Waals surface area contributed by atoms with Gasteiger partial charge in [-0.15, -0.1) is 0 Å². The van der Waals surface area contributed by atoms with Gasteiger partial charge in [0.05, 0.1) is 25.9 Å². The number of halogens is 1. The molecule has 21 heavy (non-hydrogen) atoms. The molecule has 0 amide bonds. The zero-order chi connectivity index (χ0) is 14.8. The van der Waals surface area contributed by atoms with Crippen molar-refractivity contribution in [2.45, 2.75) is 31.0 Å². The third-order valence-corrected chi connectivity index (χ3v) is 5.03. The minimum Gasteiger partial charge on any atom is -0.497 e. The molecule has 5 heteroatoms. The van der Waals surface area contributed by atoms with E-state index in [9.17, 15) is 0 Å². The molecule has 0 spiro atoms. The Balaban J connectivity index is 1.83. The van der Waals surface area contributed by atoms with Crippen molar-refractivity contribution in [1.82, 2.24) is 10.2 Å². The summed E-state index contributed by atoms with van der Waals surface area (Å²) in [5.41, 5.74) is 1.24. The van der Waals surface area contributed by atoms with Crippen molar-refractivity contribution in [3.8, 4) is 5.75 Å². The Morgan fingerprint density at radius 2 is 2.24 bits per heavy atom. The molecule has 0 aromatic heterocycles. The van der Waals surface area contributed by atoms with E-state index in [1.807, 2.05) is 6.07 Å². The summed E-state index contributed by atoms with van der Waals surface area (Å²) in [5.74, 6) is 0.890. The number of benzene rings is 1. The molecule has 116 valence electrons. The molecule has 1 saturated carbocycles. The minimum absolute atomic E-state index is 0.174. The second kappa shape index (κ2) is 6.65. The molecule has 2 atom stereocenters. The normalized spacial score (nSPS) is 26.8. The highest BCUT2D eigenvalue weighted by molar-refractivity contribution is 9.10. The summed E-state index contributed by atoms with van der Waals surface area (Å²) in [6.07, 6.45) is 2.78. The number of hydrogen-bond donors (Lipinski definition) is 1. The van der Waals surface area contributed by atoms with Crippen LogP contribution < -0.4 is 10.1 Å². The number of morpholine rings is 1. The lowest BCUT2D eigenvalue weighted by molar-refractivity contribution is -0.0617. The van der Waals surface area contributed by atoms with Gasteiger partial charge in [0.1, 0.15) is 5.75 Å². The standard InChI is InChI=1S/C16H23BrN2O2/c1-19-7-8-21-15(10-18-11-3-4-11)16(19)13-9-12(20-2)5-6-14(13)17/h5-6,9,11,15-16,18H,3-4,7-8,10H2,1-2H3. The first-order valence-corrected chi connectivity index (χ1v) is 8.37. The number of likely N-dealkylation sites (N-methyl/N-ethyl adjacent to an activating group) is 1. The highest BCUT2D eigenvalue weighted by atomic mass is 79.9. The Bertz CT molecular complexity index is 493. The largest absolute Gasteiger partial charge is 0.497 e. The Morgan fingerprint density at radius 3 is 2.95 bits per heavy atom. The van der Waals surface area contributed by atoms with Crippen LogP contribution in [0.25, 0.3) is 0 Å². The lowest BCUT2D eigenvalue weighted by Crippen LogP contribution is -2.47. The zero-order valence-corrected chi connectivity index (χ0v) is 14.2. The predicted octanol–water partition coefficient (Wildman–Crippen LogP) is 2.58. The van der Waals surface area contributed by atoms with Crippen molar-refractivity contribution in [2.75, 3.05) is 33.9 Å². The molecule has 1 saturated heterocycles. The minimum atomic E-state index is 0.174. The van der Waals surface area contributed by atoms with Crippen molar-refractivity contribution >= 4 is 15.9 Å². The lowest BCUT2D eigenvalue weighted by atomic mass is 9.98. The highest BCUT2D eigenvalue weighted by Crippen LogP contribution is 2.35. The van der Waals surface area contributed by atoms with E-state index in [2.05, 4.69) is 45.3 Å². The molecule has 2 unspecified atom stereocenters. The zero-order valence-electron chi connectivity index (χ0n) is 12.6. The van der Waals surface area contributed by atoms with Crippen molar-refractivity contribution in [1.29, 1.82) is 0 Å². The first-order valence-electron chi connectivity index (χ1n) is 7.57. The van der Waals surface area contributed by atoms with Crippen molar-refractivity contribution in [3.05, 3.63) is 28.2 Å². The summed E-state index contributed by atoms with van der Waals surface area (Å²) in [7, 11) is 3.88. The van der Waals surface area contributed by atoms with Gasteiger partial charge in [0, 0.05) is 23.6 Å². The topological polar surface area (TPSA) is 33.7 Å². The lowest BCUT2D eigenvalue weighted by Gasteiger charge is -2.40. The van der Waals surface area contributed by atoms with Crippen LogP contribution in [0, 0.1) is 0 Å². The first kappa shape index (κ1) is 15.3. The third-order valence-electron chi connectivity index (χ3n) is 4.31. The maximum absolute atomic E-state index is 6.06. The summed E-state index contributed by atoms with van der Waals surface area (Å²) >= 11 is 3.68. The second-order valence-corrected chi connectivity index (χ2v) is 6.76. The molecule has 1 N–H and O–H groups in total. The van der Waals surface area contributed by atoms with Gasteiger partial charge in [0.2, 0.25) is 0 Å². The quantitative estimate of drug-likeness (QED) is 0.880. The molecule has 1 aliphatic carbocycles. The fraction of sp³-hybridized carbons (Fsp3) is 0.625. The maximum Gasteiger partial charge on any atom is 0.119 e. The van der Waals surface area contributed by atoms with E-state index in [1.165, 1.54) is 18.4 Å². The number of ether oxygens (including phenoxy) is 2. The molecule has 0 bridgehead atoms. The average Bonchev–Trinajstić information content (AvgIpc) is 3.30.